The summed E-state index contributed by atoms with van der Waals surface area (Å²) in [6.45, 7) is 0. The number of fused-ring (bicyclic) bond motifs is 14. The van der Waals surface area contributed by atoms with Crippen LogP contribution in [0.15, 0.2) is 186 Å². The third kappa shape index (κ3) is 3.84. The molecule has 3 nitrogen and oxygen atoms in total. The van der Waals surface area contributed by atoms with Crippen molar-refractivity contribution in [2.45, 2.75) is 0 Å². The van der Waals surface area contributed by atoms with Gasteiger partial charge in [0.1, 0.15) is 11.2 Å². The van der Waals surface area contributed by atoms with Crippen LogP contribution >= 0.6 is 0 Å². The van der Waals surface area contributed by atoms with Crippen LogP contribution < -0.4 is 0 Å². The molecule has 0 fully saturated rings. The van der Waals surface area contributed by atoms with Crippen molar-refractivity contribution in [2.24, 2.45) is 0 Å². The Hall–Kier alpha value is -7.36. The summed E-state index contributed by atoms with van der Waals surface area (Å²) in [6, 6.07) is 66.5. The molecule has 0 bridgehead atoms. The van der Waals surface area contributed by atoms with E-state index in [1.54, 1.807) is 0 Å². The van der Waals surface area contributed by atoms with Gasteiger partial charge < -0.3 is 13.6 Å². The smallest absolute Gasteiger partial charge is 0.137 e. The number of rotatable bonds is 3. The SMILES string of the molecule is c1ccc(-c2cccc(-n3c4ccccc4c4ccc5c(c6ccc7oc8ccccc8c7c6n5-c5ccc6c(c5)-c5cccc7cccc-6c57)c43)c2)cc1. The van der Waals surface area contributed by atoms with E-state index < -0.39 is 0 Å². The van der Waals surface area contributed by atoms with Crippen LogP contribution in [0.5, 0.6) is 0 Å². The van der Waals surface area contributed by atoms with Gasteiger partial charge >= 0.3 is 0 Å². The third-order valence-electron chi connectivity index (χ3n) is 12.0. The van der Waals surface area contributed by atoms with E-state index in [1.807, 2.05) is 0 Å². The average Bonchev–Trinajstić information content (AvgIpc) is 3.98. The van der Waals surface area contributed by atoms with Gasteiger partial charge in [0.05, 0.1) is 27.5 Å². The Kier molecular flexibility index (Phi) is 5.63. The van der Waals surface area contributed by atoms with E-state index in [1.165, 1.54) is 76.7 Å². The van der Waals surface area contributed by atoms with Gasteiger partial charge in [-0.15, -0.1) is 0 Å². The molecule has 0 spiro atoms. The molecule has 55 heavy (non-hydrogen) atoms. The lowest BCUT2D eigenvalue weighted by Gasteiger charge is -2.13. The van der Waals surface area contributed by atoms with Crippen molar-refractivity contribution in [3.63, 3.8) is 0 Å². The first-order valence-electron chi connectivity index (χ1n) is 18.9. The highest BCUT2D eigenvalue weighted by molar-refractivity contribution is 6.31. The normalized spacial score (nSPS) is 12.4. The first kappa shape index (κ1) is 29.1. The molecule has 1 aliphatic rings. The summed E-state index contributed by atoms with van der Waals surface area (Å²) in [4.78, 5) is 0. The first-order valence-corrected chi connectivity index (χ1v) is 18.9. The fourth-order valence-electron chi connectivity index (χ4n) is 9.76. The maximum atomic E-state index is 6.57. The highest BCUT2D eigenvalue weighted by Crippen LogP contribution is 2.50. The van der Waals surface area contributed by atoms with Gasteiger partial charge in [0.15, 0.2) is 0 Å². The predicted molar refractivity (Wildman–Crippen MR) is 230 cm³/mol. The van der Waals surface area contributed by atoms with Crippen LogP contribution in [0, 0.1) is 0 Å². The second-order valence-electron chi connectivity index (χ2n) is 14.8. The van der Waals surface area contributed by atoms with Crippen molar-refractivity contribution in [1.82, 2.24) is 9.13 Å². The summed E-state index contributed by atoms with van der Waals surface area (Å²) in [5.41, 5.74) is 16.3. The Balaban J connectivity index is 1.20. The minimum Gasteiger partial charge on any atom is -0.456 e. The zero-order valence-corrected chi connectivity index (χ0v) is 29.6. The van der Waals surface area contributed by atoms with Crippen molar-refractivity contribution in [2.75, 3.05) is 0 Å². The van der Waals surface area contributed by atoms with Gasteiger partial charge in [-0.2, -0.15) is 0 Å². The highest BCUT2D eigenvalue weighted by Gasteiger charge is 2.26. The largest absolute Gasteiger partial charge is 0.456 e. The fraction of sp³-hybridized carbons (Fsp3) is 0. The molecule has 3 aromatic heterocycles. The topological polar surface area (TPSA) is 23.0 Å². The van der Waals surface area contributed by atoms with Gasteiger partial charge in [-0.05, 0) is 98.8 Å². The highest BCUT2D eigenvalue weighted by atomic mass is 16.3. The number of aromatic nitrogens is 2. The van der Waals surface area contributed by atoms with Crippen LogP contribution in [0.1, 0.15) is 0 Å². The Labute approximate surface area is 315 Å². The summed E-state index contributed by atoms with van der Waals surface area (Å²) in [5, 5.41) is 9.79. The number of furan rings is 1. The molecule has 0 unspecified atom stereocenters. The first-order chi connectivity index (χ1) is 27.3. The molecule has 0 saturated heterocycles. The van der Waals surface area contributed by atoms with Crippen LogP contribution in [0.4, 0.5) is 0 Å². The lowest BCUT2D eigenvalue weighted by Crippen LogP contribution is -1.96. The Bertz CT molecular complexity index is 3590. The second kappa shape index (κ2) is 10.6. The quantitative estimate of drug-likeness (QED) is 0.180. The van der Waals surface area contributed by atoms with E-state index in [2.05, 4.69) is 191 Å². The van der Waals surface area contributed by atoms with Crippen molar-refractivity contribution in [3.05, 3.63) is 182 Å². The maximum Gasteiger partial charge on any atom is 0.137 e. The molecule has 254 valence electrons. The number of hydrogen-bond acceptors (Lipinski definition) is 1. The molecule has 0 radical (unpaired) electrons. The van der Waals surface area contributed by atoms with Crippen molar-refractivity contribution < 1.29 is 4.42 Å². The van der Waals surface area contributed by atoms with E-state index in [4.69, 9.17) is 4.42 Å². The van der Waals surface area contributed by atoms with Gasteiger partial charge in [0, 0.05) is 38.3 Å². The van der Waals surface area contributed by atoms with Gasteiger partial charge in [0.25, 0.3) is 0 Å². The lowest BCUT2D eigenvalue weighted by molar-refractivity contribution is 0.669. The maximum absolute atomic E-state index is 6.57. The van der Waals surface area contributed by atoms with Crippen molar-refractivity contribution >= 4 is 76.3 Å². The Morgan fingerprint density at radius 3 is 1.91 bits per heavy atom. The molecule has 13 rings (SSSR count). The number of hydrogen-bond donors (Lipinski definition) is 0. The van der Waals surface area contributed by atoms with Crippen molar-refractivity contribution in [1.29, 1.82) is 0 Å². The van der Waals surface area contributed by atoms with Crippen LogP contribution in [0.25, 0.3) is 121 Å². The van der Waals surface area contributed by atoms with Gasteiger partial charge in [0.2, 0.25) is 0 Å². The third-order valence-corrected chi connectivity index (χ3v) is 12.0. The van der Waals surface area contributed by atoms with Gasteiger partial charge in [-0.1, -0.05) is 127 Å². The summed E-state index contributed by atoms with van der Waals surface area (Å²) in [7, 11) is 0. The summed E-state index contributed by atoms with van der Waals surface area (Å²) < 4.78 is 11.6. The molecule has 0 N–H and O–H groups in total. The van der Waals surface area contributed by atoms with E-state index in [9.17, 15) is 0 Å². The van der Waals surface area contributed by atoms with Crippen LogP contribution in [-0.4, -0.2) is 9.13 Å². The molecule has 0 saturated carbocycles. The minimum atomic E-state index is 0.892. The molecular formula is C52H30N2O. The molecule has 0 aliphatic heterocycles. The van der Waals surface area contributed by atoms with E-state index in [0.717, 1.165) is 44.3 Å². The van der Waals surface area contributed by atoms with E-state index >= 15 is 0 Å². The number of para-hydroxylation sites is 2. The summed E-state index contributed by atoms with van der Waals surface area (Å²) >= 11 is 0. The summed E-state index contributed by atoms with van der Waals surface area (Å²) in [6.07, 6.45) is 0. The van der Waals surface area contributed by atoms with Gasteiger partial charge in [-0.25, -0.2) is 0 Å². The molecule has 3 heterocycles. The predicted octanol–water partition coefficient (Wildman–Crippen LogP) is 14.2. The average molecular weight is 699 g/mol. The van der Waals surface area contributed by atoms with Crippen LogP contribution in [0.3, 0.4) is 0 Å². The van der Waals surface area contributed by atoms with E-state index in [0.29, 0.717) is 0 Å². The van der Waals surface area contributed by atoms with Gasteiger partial charge in [-0.3, -0.25) is 0 Å². The molecule has 3 heteroatoms. The van der Waals surface area contributed by atoms with E-state index in [-0.39, 0.29) is 0 Å². The van der Waals surface area contributed by atoms with Crippen LogP contribution in [-0.2, 0) is 0 Å². The molecule has 0 atom stereocenters. The molecule has 9 aromatic carbocycles. The lowest BCUT2D eigenvalue weighted by atomic mass is 10.0. The van der Waals surface area contributed by atoms with Crippen molar-refractivity contribution in [3.8, 4) is 44.8 Å². The summed E-state index contributed by atoms with van der Waals surface area (Å²) in [5.74, 6) is 0. The zero-order valence-electron chi connectivity index (χ0n) is 29.6. The fourth-order valence-corrected chi connectivity index (χ4v) is 9.76. The zero-order chi connectivity index (χ0) is 35.8. The Morgan fingerprint density at radius 2 is 1.02 bits per heavy atom. The molecule has 1 aliphatic carbocycles. The number of nitrogens with zero attached hydrogens (tertiary/aromatic N) is 2. The Morgan fingerprint density at radius 1 is 0.327 bits per heavy atom. The minimum absolute atomic E-state index is 0.892. The number of benzene rings is 9. The standard InChI is InChI=1S/C52H30N2O/c1-2-11-31(12-3-1)33-15-8-16-34(29-33)53-44-21-6-4-17-37(44)40-25-27-45-49(51(40)53)42-26-28-47-50(41-18-5-7-22-46(41)55-47)52(42)54(45)35-23-24-36-38-19-9-13-32-14-10-20-39(48(32)38)43(36)30-35/h1-30H. The monoisotopic (exact) mass is 698 g/mol. The second-order valence-corrected chi connectivity index (χ2v) is 14.8. The molecule has 0 amide bonds. The van der Waals surface area contributed by atoms with Crippen LogP contribution in [0.2, 0.25) is 0 Å². The molecular weight excluding hydrogens is 669 g/mol. The molecule has 12 aromatic rings.